The molecular formula is C15H17F3N2O2. The van der Waals surface area contributed by atoms with E-state index in [0.29, 0.717) is 13.0 Å². The van der Waals surface area contributed by atoms with Crippen LogP contribution >= 0.6 is 0 Å². The van der Waals surface area contributed by atoms with Crippen molar-refractivity contribution in [2.24, 2.45) is 0 Å². The van der Waals surface area contributed by atoms with Gasteiger partial charge in [0.05, 0.1) is 12.1 Å². The zero-order valence-corrected chi connectivity index (χ0v) is 11.9. The van der Waals surface area contributed by atoms with Crippen LogP contribution in [0.25, 0.3) is 0 Å². The molecule has 22 heavy (non-hydrogen) atoms. The molecule has 1 saturated heterocycles. The summed E-state index contributed by atoms with van der Waals surface area (Å²) in [7, 11) is 0. The van der Waals surface area contributed by atoms with Crippen molar-refractivity contribution in [1.82, 2.24) is 4.90 Å². The number of likely N-dealkylation sites (tertiary alicyclic amines) is 1. The lowest BCUT2D eigenvalue weighted by atomic mass is 10.2. The molecule has 0 atom stereocenters. The molecule has 1 aromatic carbocycles. The summed E-state index contributed by atoms with van der Waals surface area (Å²) in [5.41, 5.74) is -0.752. The first-order chi connectivity index (χ1) is 10.4. The van der Waals surface area contributed by atoms with Crippen LogP contribution in [0.3, 0.4) is 0 Å². The maximum Gasteiger partial charge on any atom is 0.416 e. The number of benzene rings is 1. The third-order valence-corrected chi connectivity index (χ3v) is 3.48. The summed E-state index contributed by atoms with van der Waals surface area (Å²) in [4.78, 5) is 25.2. The van der Waals surface area contributed by atoms with Gasteiger partial charge in [-0.2, -0.15) is 13.2 Å². The first-order valence-electron chi connectivity index (χ1n) is 7.11. The van der Waals surface area contributed by atoms with E-state index in [1.165, 1.54) is 17.0 Å². The fraction of sp³-hybridized carbons (Fsp3) is 0.467. The van der Waals surface area contributed by atoms with Gasteiger partial charge >= 0.3 is 6.18 Å². The number of hydrogen-bond acceptors (Lipinski definition) is 2. The Morgan fingerprint density at radius 2 is 2.00 bits per heavy atom. The monoisotopic (exact) mass is 314 g/mol. The lowest BCUT2D eigenvalue weighted by Crippen LogP contribution is -2.37. The van der Waals surface area contributed by atoms with Gasteiger partial charge in [-0.15, -0.1) is 0 Å². The molecule has 0 saturated carbocycles. The molecule has 0 spiro atoms. The van der Waals surface area contributed by atoms with Gasteiger partial charge in [0.1, 0.15) is 0 Å². The van der Waals surface area contributed by atoms with Gasteiger partial charge in [0.15, 0.2) is 0 Å². The first-order valence-corrected chi connectivity index (χ1v) is 7.11. The van der Waals surface area contributed by atoms with Crippen LogP contribution in [0, 0.1) is 0 Å². The second-order valence-corrected chi connectivity index (χ2v) is 5.25. The highest BCUT2D eigenvalue weighted by molar-refractivity contribution is 5.94. The minimum atomic E-state index is -4.46. The van der Waals surface area contributed by atoms with Crippen LogP contribution in [-0.4, -0.2) is 29.8 Å². The number of carbonyl (C=O) groups is 2. The van der Waals surface area contributed by atoms with Gasteiger partial charge in [-0.05, 0) is 31.0 Å². The summed E-state index contributed by atoms with van der Waals surface area (Å²) in [6.07, 6.45) is -1.46. The summed E-state index contributed by atoms with van der Waals surface area (Å²) >= 11 is 0. The summed E-state index contributed by atoms with van der Waals surface area (Å²) in [5, 5.41) is 2.41. The van der Waals surface area contributed by atoms with Crippen LogP contribution in [0.2, 0.25) is 0 Å². The van der Waals surface area contributed by atoms with E-state index in [-0.39, 0.29) is 18.1 Å². The average Bonchev–Trinajstić information content (AvgIpc) is 2.63. The molecule has 0 aliphatic carbocycles. The number of nitrogens with zero attached hydrogens (tertiary/aromatic N) is 1. The van der Waals surface area contributed by atoms with Crippen molar-refractivity contribution in [3.8, 4) is 0 Å². The van der Waals surface area contributed by atoms with Crippen LogP contribution in [0.15, 0.2) is 24.3 Å². The van der Waals surface area contributed by atoms with E-state index in [1.54, 1.807) is 0 Å². The number of halogens is 3. The third kappa shape index (κ3) is 4.47. The summed E-state index contributed by atoms with van der Waals surface area (Å²) in [6, 6.07) is 4.43. The van der Waals surface area contributed by atoms with Crippen molar-refractivity contribution in [2.45, 2.75) is 31.9 Å². The predicted octanol–water partition coefficient (Wildman–Crippen LogP) is 3.05. The first kappa shape index (κ1) is 16.3. The minimum Gasteiger partial charge on any atom is -0.333 e. The second kappa shape index (κ2) is 6.81. The van der Waals surface area contributed by atoms with Gasteiger partial charge in [0, 0.05) is 18.7 Å². The normalized spacial score (nSPS) is 16.3. The quantitative estimate of drug-likeness (QED) is 0.932. The zero-order chi connectivity index (χ0) is 16.2. The molecule has 1 N–H and O–H groups in total. The van der Waals surface area contributed by atoms with E-state index in [4.69, 9.17) is 0 Å². The maximum absolute atomic E-state index is 12.6. The van der Waals surface area contributed by atoms with Crippen LogP contribution in [0.5, 0.6) is 0 Å². The van der Waals surface area contributed by atoms with Crippen molar-refractivity contribution in [1.29, 1.82) is 0 Å². The van der Waals surface area contributed by atoms with Crippen molar-refractivity contribution >= 4 is 17.5 Å². The summed E-state index contributed by atoms with van der Waals surface area (Å²) in [6.45, 7) is 0.379. The molecule has 120 valence electrons. The molecule has 0 radical (unpaired) electrons. The minimum absolute atomic E-state index is 0.0714. The van der Waals surface area contributed by atoms with Crippen molar-refractivity contribution in [3.05, 3.63) is 29.8 Å². The van der Waals surface area contributed by atoms with Crippen molar-refractivity contribution in [2.75, 3.05) is 18.4 Å². The molecule has 0 bridgehead atoms. The average molecular weight is 314 g/mol. The number of alkyl halides is 3. The van der Waals surface area contributed by atoms with Gasteiger partial charge < -0.3 is 10.2 Å². The van der Waals surface area contributed by atoms with Gasteiger partial charge in [-0.3, -0.25) is 9.59 Å². The van der Waals surface area contributed by atoms with Gasteiger partial charge in [0.25, 0.3) is 0 Å². The largest absolute Gasteiger partial charge is 0.416 e. The Labute approximate surface area is 126 Å². The van der Waals surface area contributed by atoms with E-state index < -0.39 is 17.6 Å². The van der Waals surface area contributed by atoms with E-state index in [1.807, 2.05) is 0 Å². The molecule has 2 rings (SSSR count). The number of amides is 2. The van der Waals surface area contributed by atoms with E-state index in [2.05, 4.69) is 5.32 Å². The van der Waals surface area contributed by atoms with Crippen molar-refractivity contribution in [3.63, 3.8) is 0 Å². The molecule has 4 nitrogen and oxygen atoms in total. The Hall–Kier alpha value is -2.05. The van der Waals surface area contributed by atoms with Crippen LogP contribution in [0.4, 0.5) is 18.9 Å². The molecule has 1 fully saturated rings. The van der Waals surface area contributed by atoms with Crippen molar-refractivity contribution < 1.29 is 22.8 Å². The number of rotatable bonds is 3. The van der Waals surface area contributed by atoms with Gasteiger partial charge in [-0.1, -0.05) is 12.5 Å². The topological polar surface area (TPSA) is 49.4 Å². The lowest BCUT2D eigenvalue weighted by Gasteiger charge is -2.20. The van der Waals surface area contributed by atoms with Gasteiger partial charge in [0.2, 0.25) is 11.8 Å². The van der Waals surface area contributed by atoms with E-state index >= 15 is 0 Å². The highest BCUT2D eigenvalue weighted by Crippen LogP contribution is 2.30. The molecule has 2 amide bonds. The SMILES string of the molecule is O=C(CN1CCCCCC1=O)Nc1cccc(C(F)(F)F)c1. The Kier molecular flexibility index (Phi) is 5.05. The van der Waals surface area contributed by atoms with Crippen LogP contribution < -0.4 is 5.32 Å². The van der Waals surface area contributed by atoms with E-state index in [0.717, 1.165) is 31.4 Å². The molecule has 0 unspecified atom stereocenters. The Bertz CT molecular complexity index is 558. The van der Waals surface area contributed by atoms with Crippen LogP contribution in [-0.2, 0) is 15.8 Å². The second-order valence-electron chi connectivity index (χ2n) is 5.25. The molecule has 0 aromatic heterocycles. The molecule has 1 aliphatic heterocycles. The highest BCUT2D eigenvalue weighted by Gasteiger charge is 2.30. The number of hydrogen-bond donors (Lipinski definition) is 1. The highest BCUT2D eigenvalue weighted by atomic mass is 19.4. The van der Waals surface area contributed by atoms with Gasteiger partial charge in [-0.25, -0.2) is 0 Å². The number of anilines is 1. The molecular weight excluding hydrogens is 297 g/mol. The summed E-state index contributed by atoms with van der Waals surface area (Å²) in [5.74, 6) is -0.578. The molecule has 1 aliphatic rings. The predicted molar refractivity (Wildman–Crippen MR) is 75.1 cm³/mol. The fourth-order valence-electron chi connectivity index (χ4n) is 2.35. The Morgan fingerprint density at radius 1 is 1.23 bits per heavy atom. The summed E-state index contributed by atoms with van der Waals surface area (Å²) < 4.78 is 37.8. The third-order valence-electron chi connectivity index (χ3n) is 3.48. The number of nitrogens with one attached hydrogen (secondary N) is 1. The molecule has 1 heterocycles. The van der Waals surface area contributed by atoms with E-state index in [9.17, 15) is 22.8 Å². The molecule has 1 aromatic rings. The maximum atomic E-state index is 12.6. The Morgan fingerprint density at radius 3 is 2.73 bits per heavy atom. The number of carbonyl (C=O) groups excluding carboxylic acids is 2. The van der Waals surface area contributed by atoms with Crippen LogP contribution in [0.1, 0.15) is 31.2 Å². The standard InChI is InChI=1S/C15H17F3N2O2/c16-15(17,18)11-5-4-6-12(9-11)19-13(21)10-20-8-3-1-2-7-14(20)22/h4-6,9H,1-3,7-8,10H2,(H,19,21). The Balaban J connectivity index is 1.98. The molecule has 7 heteroatoms. The fourth-order valence-corrected chi connectivity index (χ4v) is 2.35. The lowest BCUT2D eigenvalue weighted by molar-refractivity contribution is -0.137. The zero-order valence-electron chi connectivity index (χ0n) is 11.9. The smallest absolute Gasteiger partial charge is 0.333 e.